The fourth-order valence-corrected chi connectivity index (χ4v) is 7.83. The summed E-state index contributed by atoms with van der Waals surface area (Å²) in [5.74, 6) is 1.12. The molecule has 0 aliphatic heterocycles. The van der Waals surface area contributed by atoms with E-state index in [1.165, 1.54) is 5.56 Å². The minimum atomic E-state index is 0. The maximum Gasteiger partial charge on any atom is 0.115 e. The van der Waals surface area contributed by atoms with Crippen molar-refractivity contribution in [2.24, 2.45) is 0 Å². The van der Waals surface area contributed by atoms with Gasteiger partial charge in [0.2, 0.25) is 0 Å². The van der Waals surface area contributed by atoms with Crippen molar-refractivity contribution in [1.82, 2.24) is 29.5 Å². The van der Waals surface area contributed by atoms with Gasteiger partial charge in [0.15, 0.2) is 0 Å². The zero-order valence-corrected chi connectivity index (χ0v) is 40.4. The summed E-state index contributed by atoms with van der Waals surface area (Å²) in [6, 6.07) is 66.4. The average molecular weight is 1210 g/mol. The van der Waals surface area contributed by atoms with Gasteiger partial charge in [-0.1, -0.05) is 121 Å². The van der Waals surface area contributed by atoms with E-state index in [2.05, 4.69) is 129 Å². The van der Waals surface area contributed by atoms with Crippen LogP contribution < -0.4 is 0 Å². The molecule has 0 aliphatic carbocycles. The fourth-order valence-electron chi connectivity index (χ4n) is 7.83. The van der Waals surface area contributed by atoms with Crippen molar-refractivity contribution in [3.63, 3.8) is 0 Å². The number of hydrogen-bond donors (Lipinski definition) is 0. The van der Waals surface area contributed by atoms with Gasteiger partial charge in [-0.25, -0.2) is 0 Å². The van der Waals surface area contributed by atoms with Crippen LogP contribution in [0.5, 0.6) is 0 Å². The summed E-state index contributed by atoms with van der Waals surface area (Å²) in [6.45, 7) is 18.9. The number of benzene rings is 8. The summed E-state index contributed by atoms with van der Waals surface area (Å²) in [6.07, 6.45) is 1.75. The second kappa shape index (κ2) is 21.3. The first-order valence-corrected chi connectivity index (χ1v) is 20.5. The normalized spacial score (nSPS) is 10.5. The first-order chi connectivity index (χ1) is 31.9. The molecule has 8 aromatic carbocycles. The minimum absolute atomic E-state index is 0. The van der Waals surface area contributed by atoms with Crippen molar-refractivity contribution >= 4 is 11.4 Å². The number of aryl methyl sites for hydroxylation is 2. The van der Waals surface area contributed by atoms with E-state index in [4.69, 9.17) is 14.5 Å². The average Bonchev–Trinajstić information content (AvgIpc) is 4.01. The molecule has 66 heavy (non-hydrogen) atoms. The van der Waals surface area contributed by atoms with Gasteiger partial charge in [0, 0.05) is 62.5 Å². The molecule has 0 fully saturated rings. The Morgan fingerprint density at radius 2 is 0.818 bits per heavy atom. The van der Waals surface area contributed by atoms with E-state index in [1.54, 1.807) is 47.3 Å². The summed E-state index contributed by atoms with van der Waals surface area (Å²) in [5, 5.41) is 17.1. The molecule has 2 radical (unpaired) electrons. The number of hydrogen-bond acceptors (Lipinski definition) is 4. The number of nitrogens with zero attached hydrogens (tertiary/aromatic N) is 8. The van der Waals surface area contributed by atoms with E-state index >= 15 is 0 Å². The third kappa shape index (κ3) is 9.84. The van der Waals surface area contributed by atoms with Crippen molar-refractivity contribution in [2.45, 2.75) is 13.8 Å². The van der Waals surface area contributed by atoms with Gasteiger partial charge in [-0.2, -0.15) is 22.3 Å². The standard InChI is InChI=1S/2C28H19N4.2Ir/c2*1-20-16-25(21-10-5-3-6-11-21)27(26(17-20)22-12-7-4-8-13-22)32-19-30-31-28(32)23-14-9-15-24(18-23)29-2;;/h2*3-13,15-19H,1H3;;/q2*-1;;/i19D;;;. The third-order valence-electron chi connectivity index (χ3n) is 10.7. The predicted octanol–water partition coefficient (Wildman–Crippen LogP) is 13.9. The van der Waals surface area contributed by atoms with Gasteiger partial charge in [-0.05, 0) is 71.5 Å². The molecule has 8 nitrogen and oxygen atoms in total. The molecular weight excluding hydrogens is 1170 g/mol. The van der Waals surface area contributed by atoms with Crippen LogP contribution >= 0.6 is 0 Å². The van der Waals surface area contributed by atoms with Crippen molar-refractivity contribution in [3.05, 3.63) is 241 Å². The molecule has 0 bridgehead atoms. The van der Waals surface area contributed by atoms with Crippen LogP contribution in [-0.2, 0) is 40.2 Å². The number of rotatable bonds is 8. The van der Waals surface area contributed by atoms with Crippen LogP contribution in [0.25, 0.3) is 88.3 Å². The quantitative estimate of drug-likeness (QED) is 0.142. The molecule has 10 heteroatoms. The molecule has 2 aromatic heterocycles. The van der Waals surface area contributed by atoms with Crippen LogP contribution in [0, 0.1) is 39.1 Å². The maximum atomic E-state index is 8.66. The van der Waals surface area contributed by atoms with E-state index in [1.807, 2.05) is 77.4 Å². The molecule has 0 N–H and O–H groups in total. The Hall–Kier alpha value is -7.68. The minimum Gasteiger partial charge on any atom is -0.322 e. The molecule has 0 spiro atoms. The molecule has 0 saturated carbocycles. The Balaban J connectivity index is 0.000000193. The van der Waals surface area contributed by atoms with Crippen LogP contribution in [-0.4, -0.2) is 29.5 Å². The molecule has 0 atom stereocenters. The maximum absolute atomic E-state index is 8.66. The van der Waals surface area contributed by atoms with Gasteiger partial charge in [0.1, 0.15) is 25.4 Å². The Morgan fingerprint density at radius 1 is 0.470 bits per heavy atom. The molecule has 10 aromatic rings. The van der Waals surface area contributed by atoms with Gasteiger partial charge < -0.3 is 9.13 Å². The second-order valence-electron chi connectivity index (χ2n) is 15.0. The summed E-state index contributed by atoms with van der Waals surface area (Å²) < 4.78 is 12.4. The molecule has 0 saturated heterocycles. The predicted molar refractivity (Wildman–Crippen MR) is 255 cm³/mol. The summed E-state index contributed by atoms with van der Waals surface area (Å²) in [7, 11) is 0. The van der Waals surface area contributed by atoms with Gasteiger partial charge in [0.05, 0.1) is 36.2 Å². The molecule has 0 unspecified atom stereocenters. The van der Waals surface area contributed by atoms with Gasteiger partial charge in [-0.3, -0.25) is 9.69 Å². The van der Waals surface area contributed by atoms with Crippen molar-refractivity contribution in [3.8, 4) is 78.7 Å². The Kier molecular flexibility index (Phi) is 14.5. The topological polar surface area (TPSA) is 70.1 Å². The van der Waals surface area contributed by atoms with Crippen molar-refractivity contribution < 1.29 is 41.6 Å². The van der Waals surface area contributed by atoms with Crippen LogP contribution in [0.2, 0.25) is 0 Å². The molecule has 2 heterocycles. The Bertz CT molecular complexity index is 3260. The summed E-state index contributed by atoms with van der Waals surface area (Å²) >= 11 is 0. The Labute approximate surface area is 413 Å². The fraction of sp³-hybridized carbons (Fsp3) is 0.0357. The molecule has 0 amide bonds. The largest absolute Gasteiger partial charge is 0.322 e. The van der Waals surface area contributed by atoms with Crippen LogP contribution in [0.3, 0.4) is 0 Å². The summed E-state index contributed by atoms with van der Waals surface area (Å²) in [5.41, 5.74) is 14.9. The molecule has 0 aliphatic rings. The third-order valence-corrected chi connectivity index (χ3v) is 10.7. The van der Waals surface area contributed by atoms with Crippen LogP contribution in [0.1, 0.15) is 12.5 Å². The molecule has 10 rings (SSSR count). The van der Waals surface area contributed by atoms with Gasteiger partial charge in [-0.15, -0.1) is 57.7 Å². The smallest absolute Gasteiger partial charge is 0.115 e. The van der Waals surface area contributed by atoms with E-state index < -0.39 is 0 Å². The molecular formula is C56H38Ir2N8-2. The van der Waals surface area contributed by atoms with Crippen molar-refractivity contribution in [2.75, 3.05) is 0 Å². The zero-order chi connectivity index (χ0) is 44.7. The van der Waals surface area contributed by atoms with E-state index in [9.17, 15) is 0 Å². The van der Waals surface area contributed by atoms with Crippen molar-refractivity contribution in [1.29, 1.82) is 0 Å². The van der Waals surface area contributed by atoms with Crippen LogP contribution in [0.15, 0.2) is 195 Å². The SMILES string of the molecule is [2H]c1nnc(-c2[c-]ccc([N+]#[C-])c2)n1-c1c(-c2ccccc2)cc(C)cc1-c1ccccc1.[C-]#[N+]c1cc[c-]c(-c2nncn2-c2c(-c3ccccc3)cc(C)cc2-c2ccccc2)c1.[Ir].[Ir]. The molecule has 322 valence electrons. The Morgan fingerprint density at radius 3 is 1.20 bits per heavy atom. The first kappa shape index (κ1) is 44.9. The van der Waals surface area contributed by atoms with E-state index in [0.29, 0.717) is 28.6 Å². The number of aromatic nitrogens is 6. The van der Waals surface area contributed by atoms with E-state index in [-0.39, 0.29) is 46.5 Å². The van der Waals surface area contributed by atoms with E-state index in [0.717, 1.165) is 67.0 Å². The van der Waals surface area contributed by atoms with Gasteiger partial charge >= 0.3 is 0 Å². The second-order valence-corrected chi connectivity index (χ2v) is 15.0. The monoisotopic (exact) mass is 1210 g/mol. The van der Waals surface area contributed by atoms with Gasteiger partial charge in [0.25, 0.3) is 0 Å². The summed E-state index contributed by atoms with van der Waals surface area (Å²) in [4.78, 5) is 7.09. The van der Waals surface area contributed by atoms with Crippen LogP contribution in [0.4, 0.5) is 11.4 Å². The first-order valence-electron chi connectivity index (χ1n) is 21.0. The zero-order valence-electron chi connectivity index (χ0n) is 36.6.